The number of pyridine rings is 1. The highest BCUT2D eigenvalue weighted by Gasteiger charge is 2.31. The lowest BCUT2D eigenvalue weighted by Crippen LogP contribution is -2.31. The Bertz CT molecular complexity index is 1240. The number of anilines is 1. The number of hydrogen-bond donors (Lipinski definition) is 5. The first-order chi connectivity index (χ1) is 14.2. The Morgan fingerprint density at radius 1 is 1.13 bits per heavy atom. The number of hydrogen-bond acceptors (Lipinski definition) is 10. The zero-order valence-corrected chi connectivity index (χ0v) is 17.3. The van der Waals surface area contributed by atoms with Gasteiger partial charge in [-0.1, -0.05) is 6.07 Å². The van der Waals surface area contributed by atoms with Crippen molar-refractivity contribution in [2.75, 3.05) is 25.5 Å². The molecule has 0 aliphatic carbocycles. The fraction of sp³-hybridized carbons (Fsp3) is 0.200. The van der Waals surface area contributed by atoms with Gasteiger partial charge < -0.3 is 11.1 Å². The van der Waals surface area contributed by atoms with E-state index < -0.39 is 29.8 Å². The first kappa shape index (κ1) is 21.7. The van der Waals surface area contributed by atoms with Crippen LogP contribution in [0.15, 0.2) is 40.3 Å². The van der Waals surface area contributed by atoms with Gasteiger partial charge in [0.05, 0.1) is 5.56 Å². The van der Waals surface area contributed by atoms with Crippen molar-refractivity contribution in [3.63, 3.8) is 0 Å². The summed E-state index contributed by atoms with van der Waals surface area (Å²) in [7, 11) is -7.11. The predicted molar refractivity (Wildman–Crippen MR) is 108 cm³/mol. The lowest BCUT2D eigenvalue weighted by Gasteiger charge is -2.16. The molecular weight excluding hydrogens is 434 g/mol. The lowest BCUT2D eigenvalue weighted by atomic mass is 10.0. The standard InChI is InChI=1S/C15H19N9O4S2/c1-18-12-5-2-9(8-19-12)10-3-4-11(30(27,28)20-7-6-16)14(29(17,25)26)13(10)15-21-23-24-22-15/h2-5,8,20H,6-7,16H2,1H3,(H,18,19)(H2,17,25,26)(H,21,22,23,24). The molecule has 0 unspecified atom stereocenters. The van der Waals surface area contributed by atoms with E-state index in [2.05, 4.69) is 35.6 Å². The second-order valence-corrected chi connectivity index (χ2v) is 9.20. The predicted octanol–water partition coefficient (Wildman–Crippen LogP) is -1.15. The van der Waals surface area contributed by atoms with Crippen molar-refractivity contribution in [1.29, 1.82) is 0 Å². The van der Waals surface area contributed by atoms with Crippen molar-refractivity contribution in [2.24, 2.45) is 10.9 Å². The minimum atomic E-state index is -4.55. The van der Waals surface area contributed by atoms with E-state index in [-0.39, 0.29) is 24.5 Å². The minimum absolute atomic E-state index is 0.0171. The van der Waals surface area contributed by atoms with Gasteiger partial charge in [0.15, 0.2) is 0 Å². The Labute approximate surface area is 172 Å². The molecule has 0 amide bonds. The van der Waals surface area contributed by atoms with Crippen LogP contribution in [0, 0.1) is 0 Å². The highest BCUT2D eigenvalue weighted by atomic mass is 32.2. The van der Waals surface area contributed by atoms with Gasteiger partial charge in [-0.05, 0) is 29.0 Å². The quantitative estimate of drug-likeness (QED) is 0.276. The molecular formula is C15H19N9O4S2. The van der Waals surface area contributed by atoms with Crippen LogP contribution in [0.2, 0.25) is 0 Å². The van der Waals surface area contributed by atoms with Crippen LogP contribution in [0.25, 0.3) is 22.5 Å². The van der Waals surface area contributed by atoms with E-state index in [1.165, 1.54) is 12.3 Å². The van der Waals surface area contributed by atoms with Gasteiger partial charge in [0.25, 0.3) is 0 Å². The third-order valence-electron chi connectivity index (χ3n) is 4.03. The molecule has 0 aliphatic heterocycles. The maximum Gasteiger partial charge on any atom is 0.241 e. The average Bonchev–Trinajstić information content (AvgIpc) is 3.25. The third kappa shape index (κ3) is 4.29. The summed E-state index contributed by atoms with van der Waals surface area (Å²) in [6.45, 7) is -0.0791. The van der Waals surface area contributed by atoms with Gasteiger partial charge in [-0.2, -0.15) is 5.21 Å². The summed E-state index contributed by atoms with van der Waals surface area (Å²) in [4.78, 5) is 2.98. The van der Waals surface area contributed by atoms with Crippen molar-refractivity contribution in [3.8, 4) is 22.5 Å². The number of primary sulfonamides is 1. The molecule has 0 radical (unpaired) electrons. The molecule has 0 saturated heterocycles. The Morgan fingerprint density at radius 3 is 2.43 bits per heavy atom. The van der Waals surface area contributed by atoms with Gasteiger partial charge in [-0.25, -0.2) is 31.7 Å². The smallest absolute Gasteiger partial charge is 0.241 e. The van der Waals surface area contributed by atoms with Crippen molar-refractivity contribution >= 4 is 25.9 Å². The zero-order chi connectivity index (χ0) is 21.9. The molecule has 13 nitrogen and oxygen atoms in total. The Kier molecular flexibility index (Phi) is 6.09. The van der Waals surface area contributed by atoms with E-state index in [1.807, 2.05) is 0 Å². The molecule has 2 heterocycles. The summed E-state index contributed by atoms with van der Waals surface area (Å²) in [6, 6.07) is 5.90. The Morgan fingerprint density at radius 2 is 1.90 bits per heavy atom. The maximum absolute atomic E-state index is 12.7. The van der Waals surface area contributed by atoms with E-state index >= 15 is 0 Å². The molecule has 0 spiro atoms. The van der Waals surface area contributed by atoms with Crippen LogP contribution in [0.3, 0.4) is 0 Å². The number of tetrazole rings is 1. The molecule has 160 valence electrons. The molecule has 2 aromatic heterocycles. The SMILES string of the molecule is CNc1ccc(-c2ccc(S(=O)(=O)NCCN)c(S(N)(=O)=O)c2-c2nn[nH]n2)cn1. The number of rotatable bonds is 8. The largest absolute Gasteiger partial charge is 0.373 e. The third-order valence-corrected chi connectivity index (χ3v) is 6.66. The molecule has 0 fully saturated rings. The number of benzene rings is 1. The average molecular weight is 454 g/mol. The number of nitrogens with one attached hydrogen (secondary N) is 3. The highest BCUT2D eigenvalue weighted by molar-refractivity contribution is 7.92. The first-order valence-electron chi connectivity index (χ1n) is 8.46. The van der Waals surface area contributed by atoms with Crippen LogP contribution in [0.4, 0.5) is 5.82 Å². The molecule has 7 N–H and O–H groups in total. The molecule has 0 bridgehead atoms. The number of nitrogens with zero attached hydrogens (tertiary/aromatic N) is 4. The summed E-state index contributed by atoms with van der Waals surface area (Å²) in [5.74, 6) is 0.430. The number of aromatic amines is 1. The molecule has 3 aromatic rings. The molecule has 3 rings (SSSR count). The van der Waals surface area contributed by atoms with E-state index in [4.69, 9.17) is 10.9 Å². The van der Waals surface area contributed by atoms with Crippen molar-refractivity contribution in [3.05, 3.63) is 30.5 Å². The second kappa shape index (κ2) is 8.41. The van der Waals surface area contributed by atoms with Gasteiger partial charge in [0, 0.05) is 31.9 Å². The van der Waals surface area contributed by atoms with Crippen LogP contribution in [0.1, 0.15) is 0 Å². The van der Waals surface area contributed by atoms with Crippen molar-refractivity contribution < 1.29 is 16.8 Å². The van der Waals surface area contributed by atoms with Gasteiger partial charge in [0.2, 0.25) is 25.9 Å². The number of aromatic nitrogens is 5. The second-order valence-electron chi connectivity index (χ2n) is 5.96. The van der Waals surface area contributed by atoms with Gasteiger partial charge in [0.1, 0.15) is 15.6 Å². The zero-order valence-electron chi connectivity index (χ0n) is 15.7. The fourth-order valence-corrected chi connectivity index (χ4v) is 5.41. The monoisotopic (exact) mass is 453 g/mol. The van der Waals surface area contributed by atoms with Crippen LogP contribution < -0.4 is 20.9 Å². The van der Waals surface area contributed by atoms with Crippen molar-refractivity contribution in [1.82, 2.24) is 30.3 Å². The maximum atomic E-state index is 12.7. The molecule has 30 heavy (non-hydrogen) atoms. The van der Waals surface area contributed by atoms with Gasteiger partial charge >= 0.3 is 0 Å². The normalized spacial score (nSPS) is 12.1. The Hall–Kier alpha value is -2.98. The topological polar surface area (TPSA) is 212 Å². The van der Waals surface area contributed by atoms with E-state index in [0.29, 0.717) is 16.9 Å². The molecule has 15 heteroatoms. The summed E-state index contributed by atoms with van der Waals surface area (Å²) >= 11 is 0. The van der Waals surface area contributed by atoms with E-state index in [9.17, 15) is 16.8 Å². The lowest BCUT2D eigenvalue weighted by molar-refractivity contribution is 0.574. The molecule has 1 aromatic carbocycles. The van der Waals surface area contributed by atoms with E-state index in [1.54, 1.807) is 19.2 Å². The highest BCUT2D eigenvalue weighted by Crippen LogP contribution is 2.38. The van der Waals surface area contributed by atoms with Crippen LogP contribution in [-0.2, 0) is 20.0 Å². The summed E-state index contributed by atoms with van der Waals surface area (Å²) < 4.78 is 52.8. The minimum Gasteiger partial charge on any atom is -0.373 e. The summed E-state index contributed by atoms with van der Waals surface area (Å²) in [5, 5.41) is 21.6. The number of nitrogens with two attached hydrogens (primary N) is 2. The van der Waals surface area contributed by atoms with Crippen LogP contribution in [0.5, 0.6) is 0 Å². The fourth-order valence-electron chi connectivity index (χ4n) is 2.76. The molecule has 0 atom stereocenters. The Balaban J connectivity index is 2.38. The molecule has 0 aliphatic rings. The number of H-pyrrole nitrogens is 1. The van der Waals surface area contributed by atoms with Crippen molar-refractivity contribution in [2.45, 2.75) is 9.79 Å². The van der Waals surface area contributed by atoms with Crippen LogP contribution in [-0.4, -0.2) is 62.6 Å². The molecule has 0 saturated carbocycles. The first-order valence-corrected chi connectivity index (χ1v) is 11.5. The summed E-state index contributed by atoms with van der Waals surface area (Å²) in [5.41, 5.74) is 6.01. The van der Waals surface area contributed by atoms with Gasteiger partial charge in [-0.3, -0.25) is 0 Å². The van der Waals surface area contributed by atoms with Gasteiger partial charge in [-0.15, -0.1) is 10.2 Å². The number of sulfonamides is 2. The van der Waals surface area contributed by atoms with E-state index in [0.717, 1.165) is 6.07 Å². The summed E-state index contributed by atoms with van der Waals surface area (Å²) in [6.07, 6.45) is 1.48. The van der Waals surface area contributed by atoms with Crippen LogP contribution >= 0.6 is 0 Å².